The van der Waals surface area contributed by atoms with Gasteiger partial charge < -0.3 is 14.6 Å². The van der Waals surface area contributed by atoms with Crippen molar-refractivity contribution >= 4 is 5.95 Å². The molecule has 0 aliphatic heterocycles. The highest BCUT2D eigenvalue weighted by molar-refractivity contribution is 5.28. The van der Waals surface area contributed by atoms with Crippen LogP contribution in [0.5, 0.6) is 0 Å². The van der Waals surface area contributed by atoms with E-state index in [2.05, 4.69) is 28.0 Å². The van der Waals surface area contributed by atoms with Gasteiger partial charge in [-0.1, -0.05) is 6.92 Å². The van der Waals surface area contributed by atoms with Crippen LogP contribution in [-0.2, 0) is 11.3 Å². The number of rotatable bonds is 7. The quantitative estimate of drug-likeness (QED) is 0.702. The molecule has 0 spiro atoms. The van der Waals surface area contributed by atoms with Crippen molar-refractivity contribution in [3.8, 4) is 0 Å². The normalized spacial score (nSPS) is 10.6. The molecule has 86 valence electrons. The van der Waals surface area contributed by atoms with Crippen LogP contribution in [0.25, 0.3) is 0 Å². The van der Waals surface area contributed by atoms with Crippen LogP contribution < -0.4 is 5.32 Å². The van der Waals surface area contributed by atoms with E-state index in [0.29, 0.717) is 0 Å². The van der Waals surface area contributed by atoms with Crippen LogP contribution in [0.4, 0.5) is 5.95 Å². The van der Waals surface area contributed by atoms with E-state index in [4.69, 9.17) is 4.74 Å². The van der Waals surface area contributed by atoms with Crippen molar-refractivity contribution in [2.45, 2.75) is 33.7 Å². The summed E-state index contributed by atoms with van der Waals surface area (Å²) in [6.07, 6.45) is 3.16. The van der Waals surface area contributed by atoms with Gasteiger partial charge in [-0.25, -0.2) is 4.98 Å². The first-order chi connectivity index (χ1) is 7.27. The summed E-state index contributed by atoms with van der Waals surface area (Å²) in [7, 11) is 0. The van der Waals surface area contributed by atoms with Crippen LogP contribution in [0.1, 0.15) is 26.0 Å². The zero-order chi connectivity index (χ0) is 11.1. The second kappa shape index (κ2) is 6.45. The molecule has 0 fully saturated rings. The first kappa shape index (κ1) is 12.0. The maximum Gasteiger partial charge on any atom is 0.203 e. The molecule has 0 saturated heterocycles. The minimum atomic E-state index is 0.743. The smallest absolute Gasteiger partial charge is 0.203 e. The lowest BCUT2D eigenvalue weighted by molar-refractivity contribution is 0.139. The molecule has 0 bridgehead atoms. The molecule has 1 rings (SSSR count). The van der Waals surface area contributed by atoms with E-state index in [1.54, 1.807) is 0 Å². The summed E-state index contributed by atoms with van der Waals surface area (Å²) in [5, 5.41) is 3.31. The Balaban J connectivity index is 2.51. The number of imidazole rings is 1. The van der Waals surface area contributed by atoms with Gasteiger partial charge in [-0.3, -0.25) is 0 Å². The van der Waals surface area contributed by atoms with Crippen LogP contribution in [0.3, 0.4) is 0 Å². The Bertz CT molecular complexity index is 283. The number of ether oxygens (including phenoxy) is 1. The van der Waals surface area contributed by atoms with Gasteiger partial charge in [-0.05, 0) is 20.3 Å². The fourth-order valence-corrected chi connectivity index (χ4v) is 1.40. The molecule has 1 aromatic rings. The van der Waals surface area contributed by atoms with Crippen molar-refractivity contribution < 1.29 is 4.74 Å². The molecule has 0 unspecified atom stereocenters. The topological polar surface area (TPSA) is 39.1 Å². The average molecular weight is 211 g/mol. The molecule has 0 radical (unpaired) electrons. The lowest BCUT2D eigenvalue weighted by Gasteiger charge is -2.08. The van der Waals surface area contributed by atoms with Gasteiger partial charge >= 0.3 is 0 Å². The zero-order valence-electron chi connectivity index (χ0n) is 9.92. The minimum Gasteiger partial charge on any atom is -0.380 e. The largest absolute Gasteiger partial charge is 0.380 e. The van der Waals surface area contributed by atoms with Crippen molar-refractivity contribution in [3.05, 3.63) is 11.9 Å². The molecule has 0 aliphatic carbocycles. The van der Waals surface area contributed by atoms with E-state index in [1.807, 2.05) is 13.8 Å². The SMILES string of the molecule is CCCNc1nc(C)cn1CCOCC. The number of aromatic nitrogens is 2. The predicted molar refractivity (Wildman–Crippen MR) is 62.2 cm³/mol. The summed E-state index contributed by atoms with van der Waals surface area (Å²) in [5.74, 6) is 0.953. The van der Waals surface area contributed by atoms with Gasteiger partial charge in [0.1, 0.15) is 0 Å². The van der Waals surface area contributed by atoms with Crippen molar-refractivity contribution in [1.82, 2.24) is 9.55 Å². The molecule has 4 nitrogen and oxygen atoms in total. The Labute approximate surface area is 91.7 Å². The summed E-state index contributed by atoms with van der Waals surface area (Å²) in [5.41, 5.74) is 1.05. The molecule has 1 N–H and O–H groups in total. The molecular formula is C11H21N3O. The van der Waals surface area contributed by atoms with Crippen LogP contribution in [-0.4, -0.2) is 29.3 Å². The molecule has 0 aliphatic rings. The highest BCUT2D eigenvalue weighted by Crippen LogP contribution is 2.08. The molecule has 1 heterocycles. The number of anilines is 1. The first-order valence-electron chi connectivity index (χ1n) is 5.63. The third kappa shape index (κ3) is 3.91. The van der Waals surface area contributed by atoms with Crippen molar-refractivity contribution in [2.75, 3.05) is 25.1 Å². The zero-order valence-corrected chi connectivity index (χ0v) is 9.92. The standard InChI is InChI=1S/C11H21N3O/c1-4-6-12-11-13-10(3)9-14(11)7-8-15-5-2/h9H,4-8H2,1-3H3,(H,12,13). The summed E-state index contributed by atoms with van der Waals surface area (Å²) >= 11 is 0. The molecule has 1 aromatic heterocycles. The van der Waals surface area contributed by atoms with Gasteiger partial charge in [0.15, 0.2) is 0 Å². The van der Waals surface area contributed by atoms with E-state index in [9.17, 15) is 0 Å². The lowest BCUT2D eigenvalue weighted by Crippen LogP contribution is -2.11. The van der Waals surface area contributed by atoms with Crippen LogP contribution in [0, 0.1) is 6.92 Å². The number of hydrogen-bond donors (Lipinski definition) is 1. The monoisotopic (exact) mass is 211 g/mol. The summed E-state index contributed by atoms with van der Waals surface area (Å²) in [6, 6.07) is 0. The Morgan fingerprint density at radius 3 is 2.93 bits per heavy atom. The second-order valence-corrected chi connectivity index (χ2v) is 3.52. The highest BCUT2D eigenvalue weighted by Gasteiger charge is 2.03. The van der Waals surface area contributed by atoms with Crippen molar-refractivity contribution in [1.29, 1.82) is 0 Å². The van der Waals surface area contributed by atoms with E-state index in [0.717, 1.165) is 44.4 Å². The molecule has 4 heteroatoms. The van der Waals surface area contributed by atoms with E-state index in [-0.39, 0.29) is 0 Å². The molecule has 0 atom stereocenters. The van der Waals surface area contributed by atoms with Gasteiger partial charge in [0.05, 0.1) is 12.3 Å². The Morgan fingerprint density at radius 1 is 1.47 bits per heavy atom. The highest BCUT2D eigenvalue weighted by atomic mass is 16.5. The molecule has 0 saturated carbocycles. The fraction of sp³-hybridized carbons (Fsp3) is 0.727. The van der Waals surface area contributed by atoms with Gasteiger partial charge in [-0.15, -0.1) is 0 Å². The average Bonchev–Trinajstić information content (AvgIpc) is 2.56. The molecule has 15 heavy (non-hydrogen) atoms. The van der Waals surface area contributed by atoms with Gasteiger partial charge in [0.25, 0.3) is 0 Å². The summed E-state index contributed by atoms with van der Waals surface area (Å²) < 4.78 is 7.44. The van der Waals surface area contributed by atoms with Crippen molar-refractivity contribution in [2.24, 2.45) is 0 Å². The minimum absolute atomic E-state index is 0.743. The summed E-state index contributed by atoms with van der Waals surface area (Å²) in [4.78, 5) is 4.42. The van der Waals surface area contributed by atoms with Crippen molar-refractivity contribution in [3.63, 3.8) is 0 Å². The Kier molecular flexibility index (Phi) is 5.18. The number of hydrogen-bond acceptors (Lipinski definition) is 3. The second-order valence-electron chi connectivity index (χ2n) is 3.52. The summed E-state index contributed by atoms with van der Waals surface area (Å²) in [6.45, 7) is 9.50. The Morgan fingerprint density at radius 2 is 2.27 bits per heavy atom. The number of nitrogens with one attached hydrogen (secondary N) is 1. The molecule has 0 amide bonds. The predicted octanol–water partition coefficient (Wildman–Crippen LogP) is 2.05. The van der Waals surface area contributed by atoms with E-state index in [1.165, 1.54) is 0 Å². The Hall–Kier alpha value is -1.03. The van der Waals surface area contributed by atoms with Crippen LogP contribution in [0.15, 0.2) is 6.20 Å². The molecule has 0 aromatic carbocycles. The van der Waals surface area contributed by atoms with Crippen LogP contribution >= 0.6 is 0 Å². The van der Waals surface area contributed by atoms with Gasteiger partial charge in [0, 0.05) is 25.9 Å². The van der Waals surface area contributed by atoms with E-state index >= 15 is 0 Å². The maximum atomic E-state index is 5.33. The fourth-order valence-electron chi connectivity index (χ4n) is 1.40. The number of aryl methyl sites for hydroxylation is 1. The lowest BCUT2D eigenvalue weighted by atomic mass is 10.5. The van der Waals surface area contributed by atoms with Crippen LogP contribution in [0.2, 0.25) is 0 Å². The van der Waals surface area contributed by atoms with Gasteiger partial charge in [0.2, 0.25) is 5.95 Å². The van der Waals surface area contributed by atoms with E-state index < -0.39 is 0 Å². The number of nitrogens with zero attached hydrogens (tertiary/aromatic N) is 2. The van der Waals surface area contributed by atoms with Gasteiger partial charge in [-0.2, -0.15) is 0 Å². The first-order valence-corrected chi connectivity index (χ1v) is 5.63. The third-order valence-corrected chi connectivity index (χ3v) is 2.11. The maximum absolute atomic E-state index is 5.33. The third-order valence-electron chi connectivity index (χ3n) is 2.11. The molecular weight excluding hydrogens is 190 g/mol.